The second kappa shape index (κ2) is 5.74. The van der Waals surface area contributed by atoms with Crippen molar-refractivity contribution in [2.75, 3.05) is 0 Å². The van der Waals surface area contributed by atoms with E-state index >= 15 is 0 Å². The van der Waals surface area contributed by atoms with E-state index in [9.17, 15) is 0 Å². The Balaban J connectivity index is 4.74. The summed E-state index contributed by atoms with van der Waals surface area (Å²) in [7, 11) is 0. The van der Waals surface area contributed by atoms with Gasteiger partial charge in [0.15, 0.2) is 0 Å². The zero-order chi connectivity index (χ0) is 12.1. The Hall–Kier alpha value is -1.05. The lowest BCUT2D eigenvalue weighted by molar-refractivity contribution is 0.303. The summed E-state index contributed by atoms with van der Waals surface area (Å²) in [5, 5.41) is 12.4. The molecular formula is C13H23NO. The van der Waals surface area contributed by atoms with Crippen molar-refractivity contribution in [1.29, 1.82) is 0 Å². The Morgan fingerprint density at radius 2 is 2.00 bits per heavy atom. The Morgan fingerprint density at radius 3 is 2.33 bits per heavy atom. The predicted octanol–water partition coefficient (Wildman–Crippen LogP) is 4.02. The van der Waals surface area contributed by atoms with Crippen LogP contribution in [0.15, 0.2) is 29.5 Å². The minimum Gasteiger partial charge on any atom is -0.411 e. The lowest BCUT2D eigenvalue weighted by Gasteiger charge is -2.26. The van der Waals surface area contributed by atoms with Crippen LogP contribution in [0.5, 0.6) is 0 Å². The first-order chi connectivity index (χ1) is 6.85. The highest BCUT2D eigenvalue weighted by Crippen LogP contribution is 2.27. The van der Waals surface area contributed by atoms with Gasteiger partial charge in [0.1, 0.15) is 0 Å². The van der Waals surface area contributed by atoms with E-state index in [0.717, 1.165) is 17.7 Å². The summed E-state index contributed by atoms with van der Waals surface area (Å²) in [6.07, 6.45) is 4.82. The topological polar surface area (TPSA) is 32.6 Å². The number of oxime groups is 1. The molecule has 2 nitrogen and oxygen atoms in total. The van der Waals surface area contributed by atoms with Crippen molar-refractivity contribution in [3.8, 4) is 0 Å². The molecule has 0 saturated carbocycles. The van der Waals surface area contributed by atoms with Crippen molar-refractivity contribution in [2.45, 2.75) is 41.0 Å². The van der Waals surface area contributed by atoms with Crippen molar-refractivity contribution in [3.05, 3.63) is 24.3 Å². The molecule has 0 aromatic rings. The molecule has 0 spiro atoms. The summed E-state index contributed by atoms with van der Waals surface area (Å²) in [5.41, 5.74) is 1.90. The standard InChI is InChI=1S/C13H23NO/c1-7-11(4)8-9-13(5,6)12(14-15)10(2)3/h7-8,10,15H,1,9H2,2-6H3/b11-8+,14-12?. The normalized spacial score (nSPS) is 14.5. The van der Waals surface area contributed by atoms with Crippen LogP contribution in [0.4, 0.5) is 0 Å². The van der Waals surface area contributed by atoms with Crippen LogP contribution in [0.25, 0.3) is 0 Å². The van der Waals surface area contributed by atoms with Crippen molar-refractivity contribution < 1.29 is 5.21 Å². The summed E-state index contributed by atoms with van der Waals surface area (Å²) in [6.45, 7) is 14.0. The van der Waals surface area contributed by atoms with Crippen LogP contribution in [0.3, 0.4) is 0 Å². The maximum atomic E-state index is 9.00. The molecule has 0 aromatic heterocycles. The lowest BCUT2D eigenvalue weighted by Crippen LogP contribution is -2.28. The van der Waals surface area contributed by atoms with Crippen LogP contribution in [0, 0.1) is 11.3 Å². The lowest BCUT2D eigenvalue weighted by atomic mass is 9.78. The molecule has 0 saturated heterocycles. The third kappa shape index (κ3) is 4.32. The van der Waals surface area contributed by atoms with Gasteiger partial charge in [-0.05, 0) is 19.3 Å². The average molecular weight is 209 g/mol. The molecule has 0 unspecified atom stereocenters. The van der Waals surface area contributed by atoms with Gasteiger partial charge in [0.25, 0.3) is 0 Å². The highest BCUT2D eigenvalue weighted by Gasteiger charge is 2.26. The number of allylic oxidation sites excluding steroid dienone is 3. The SMILES string of the molecule is C=C/C(C)=C/CC(C)(C)C(=NO)C(C)C. The molecule has 0 fully saturated rings. The van der Waals surface area contributed by atoms with Crippen LogP contribution in [0.2, 0.25) is 0 Å². The van der Waals surface area contributed by atoms with E-state index in [1.807, 2.05) is 26.8 Å². The van der Waals surface area contributed by atoms with Gasteiger partial charge in [0.05, 0.1) is 5.71 Å². The van der Waals surface area contributed by atoms with Gasteiger partial charge >= 0.3 is 0 Å². The minimum absolute atomic E-state index is 0.104. The summed E-state index contributed by atoms with van der Waals surface area (Å²) in [4.78, 5) is 0. The molecule has 15 heavy (non-hydrogen) atoms. The largest absolute Gasteiger partial charge is 0.411 e. The average Bonchev–Trinajstić information content (AvgIpc) is 2.14. The molecule has 0 atom stereocenters. The smallest absolute Gasteiger partial charge is 0.0655 e. The van der Waals surface area contributed by atoms with Gasteiger partial charge in [-0.3, -0.25) is 0 Å². The zero-order valence-corrected chi connectivity index (χ0v) is 10.5. The fourth-order valence-corrected chi connectivity index (χ4v) is 1.64. The molecule has 0 amide bonds. The van der Waals surface area contributed by atoms with Gasteiger partial charge in [0.2, 0.25) is 0 Å². The van der Waals surface area contributed by atoms with E-state index in [-0.39, 0.29) is 11.3 Å². The van der Waals surface area contributed by atoms with Crippen molar-refractivity contribution >= 4 is 5.71 Å². The molecular weight excluding hydrogens is 186 g/mol. The Bertz CT molecular complexity index is 272. The van der Waals surface area contributed by atoms with E-state index in [2.05, 4.69) is 31.7 Å². The quantitative estimate of drug-likeness (QED) is 0.315. The summed E-state index contributed by atoms with van der Waals surface area (Å²) < 4.78 is 0. The van der Waals surface area contributed by atoms with E-state index in [1.54, 1.807) is 0 Å². The molecule has 0 rings (SSSR count). The van der Waals surface area contributed by atoms with Gasteiger partial charge in [-0.2, -0.15) is 0 Å². The highest BCUT2D eigenvalue weighted by atomic mass is 16.4. The van der Waals surface area contributed by atoms with Gasteiger partial charge in [-0.15, -0.1) is 0 Å². The maximum absolute atomic E-state index is 9.00. The van der Waals surface area contributed by atoms with Crippen LogP contribution in [-0.4, -0.2) is 10.9 Å². The fraction of sp³-hybridized carbons (Fsp3) is 0.615. The first kappa shape index (κ1) is 13.9. The van der Waals surface area contributed by atoms with E-state index in [4.69, 9.17) is 5.21 Å². The van der Waals surface area contributed by atoms with Crippen LogP contribution >= 0.6 is 0 Å². The number of hydrogen-bond donors (Lipinski definition) is 1. The summed E-state index contributed by atoms with van der Waals surface area (Å²) in [6, 6.07) is 0. The van der Waals surface area contributed by atoms with E-state index in [1.165, 1.54) is 0 Å². The monoisotopic (exact) mass is 209 g/mol. The van der Waals surface area contributed by atoms with Crippen LogP contribution in [0.1, 0.15) is 41.0 Å². The van der Waals surface area contributed by atoms with E-state index in [0.29, 0.717) is 0 Å². The molecule has 2 heteroatoms. The van der Waals surface area contributed by atoms with Crippen molar-refractivity contribution in [1.82, 2.24) is 0 Å². The highest BCUT2D eigenvalue weighted by molar-refractivity contribution is 5.90. The van der Waals surface area contributed by atoms with Crippen molar-refractivity contribution in [2.24, 2.45) is 16.5 Å². The molecule has 0 aliphatic rings. The zero-order valence-electron chi connectivity index (χ0n) is 10.5. The number of rotatable bonds is 5. The fourth-order valence-electron chi connectivity index (χ4n) is 1.64. The van der Waals surface area contributed by atoms with Crippen LogP contribution < -0.4 is 0 Å². The first-order valence-corrected chi connectivity index (χ1v) is 5.36. The molecule has 0 radical (unpaired) electrons. The molecule has 0 bridgehead atoms. The molecule has 1 N–H and O–H groups in total. The molecule has 0 aliphatic heterocycles. The Labute approximate surface area is 93.4 Å². The first-order valence-electron chi connectivity index (χ1n) is 5.36. The van der Waals surface area contributed by atoms with Crippen LogP contribution in [-0.2, 0) is 0 Å². The molecule has 0 heterocycles. The van der Waals surface area contributed by atoms with Crippen molar-refractivity contribution in [3.63, 3.8) is 0 Å². The minimum atomic E-state index is -0.104. The molecule has 86 valence electrons. The van der Waals surface area contributed by atoms with Gasteiger partial charge < -0.3 is 5.21 Å². The third-order valence-electron chi connectivity index (χ3n) is 2.60. The van der Waals surface area contributed by atoms with E-state index < -0.39 is 0 Å². The number of hydrogen-bond acceptors (Lipinski definition) is 2. The second-order valence-electron chi connectivity index (χ2n) is 4.88. The predicted molar refractivity (Wildman–Crippen MR) is 66.4 cm³/mol. The molecule has 0 aliphatic carbocycles. The van der Waals surface area contributed by atoms with Gasteiger partial charge in [-0.25, -0.2) is 0 Å². The Morgan fingerprint density at radius 1 is 1.47 bits per heavy atom. The van der Waals surface area contributed by atoms with Gasteiger partial charge in [0, 0.05) is 5.41 Å². The second-order valence-corrected chi connectivity index (χ2v) is 4.88. The van der Waals surface area contributed by atoms with Gasteiger partial charge in [-0.1, -0.05) is 57.2 Å². The molecule has 0 aromatic carbocycles. The summed E-state index contributed by atoms with van der Waals surface area (Å²) in [5.74, 6) is 0.266. The Kier molecular flexibility index (Phi) is 5.34. The third-order valence-corrected chi connectivity index (χ3v) is 2.60. The summed E-state index contributed by atoms with van der Waals surface area (Å²) >= 11 is 0. The number of nitrogens with zero attached hydrogens (tertiary/aromatic N) is 1. The maximum Gasteiger partial charge on any atom is 0.0655 e.